The highest BCUT2D eigenvalue weighted by Gasteiger charge is 2.38. The van der Waals surface area contributed by atoms with Gasteiger partial charge >= 0.3 is 0 Å². The molecule has 1 aliphatic carbocycles. The van der Waals surface area contributed by atoms with Gasteiger partial charge in [0.15, 0.2) is 0 Å². The molecule has 8 heteroatoms. The van der Waals surface area contributed by atoms with Gasteiger partial charge in [-0.3, -0.25) is 0 Å². The maximum Gasteiger partial charge on any atom is 0.245 e. The minimum atomic E-state index is -3.53. The second-order valence-electron chi connectivity index (χ2n) is 4.94. The van der Waals surface area contributed by atoms with Gasteiger partial charge in [0.2, 0.25) is 10.0 Å². The first-order valence-electron chi connectivity index (χ1n) is 6.57. The van der Waals surface area contributed by atoms with E-state index < -0.39 is 10.0 Å². The van der Waals surface area contributed by atoms with Gasteiger partial charge in [0.1, 0.15) is 10.7 Å². The van der Waals surface area contributed by atoms with Crippen molar-refractivity contribution < 1.29 is 8.42 Å². The topological polar surface area (TPSA) is 88.3 Å². The van der Waals surface area contributed by atoms with E-state index in [1.165, 1.54) is 12.3 Å². The summed E-state index contributed by atoms with van der Waals surface area (Å²) in [5, 5.41) is 3.93. The molecule has 0 bridgehead atoms. The fraction of sp³-hybridized carbons (Fsp3) is 0.308. The molecule has 2 aromatic heterocycles. The molecule has 6 nitrogen and oxygen atoms in total. The number of nitrogen functional groups attached to an aromatic ring is 1. The lowest BCUT2D eigenvalue weighted by Gasteiger charge is -2.21. The predicted octanol–water partition coefficient (Wildman–Crippen LogP) is 1.78. The van der Waals surface area contributed by atoms with Crippen molar-refractivity contribution in [3.63, 3.8) is 0 Å². The van der Waals surface area contributed by atoms with Gasteiger partial charge in [0.05, 0.1) is 0 Å². The van der Waals surface area contributed by atoms with Gasteiger partial charge < -0.3 is 5.43 Å². The number of aromatic nitrogens is 1. The van der Waals surface area contributed by atoms with Crippen molar-refractivity contribution >= 4 is 27.2 Å². The van der Waals surface area contributed by atoms with Crippen molar-refractivity contribution in [2.75, 3.05) is 5.43 Å². The van der Waals surface area contributed by atoms with Crippen LogP contribution >= 0.6 is 11.3 Å². The Labute approximate surface area is 127 Å². The SMILES string of the molecule is NNc1ccc(S(=O)(=O)N(Cc2ccsc2)C2CC2)cn1. The van der Waals surface area contributed by atoms with Gasteiger partial charge in [-0.15, -0.1) is 0 Å². The van der Waals surface area contributed by atoms with Crippen LogP contribution in [0.5, 0.6) is 0 Å². The minimum Gasteiger partial charge on any atom is -0.308 e. The molecule has 0 aliphatic heterocycles. The summed E-state index contributed by atoms with van der Waals surface area (Å²) in [6.07, 6.45) is 3.17. The van der Waals surface area contributed by atoms with E-state index >= 15 is 0 Å². The number of nitrogens with two attached hydrogens (primary N) is 1. The van der Waals surface area contributed by atoms with Crippen molar-refractivity contribution in [1.29, 1.82) is 0 Å². The molecule has 0 spiro atoms. The molecule has 2 heterocycles. The third kappa shape index (κ3) is 3.08. The standard InChI is InChI=1S/C13H16N4O2S2/c14-16-13-4-3-12(7-15-13)21(18,19)17(11-1-2-11)8-10-5-6-20-9-10/h3-7,9,11H,1-2,8,14H2,(H,15,16). The number of nitrogens with one attached hydrogen (secondary N) is 1. The number of pyridine rings is 1. The van der Waals surface area contributed by atoms with Crippen molar-refractivity contribution in [2.45, 2.75) is 30.3 Å². The van der Waals surface area contributed by atoms with Gasteiger partial charge in [-0.1, -0.05) is 0 Å². The number of sulfonamides is 1. The first-order valence-corrected chi connectivity index (χ1v) is 8.95. The number of nitrogens with zero attached hydrogens (tertiary/aromatic N) is 2. The quantitative estimate of drug-likeness (QED) is 0.624. The number of hydrogen-bond acceptors (Lipinski definition) is 6. The fourth-order valence-electron chi connectivity index (χ4n) is 2.09. The molecule has 0 amide bonds. The lowest BCUT2D eigenvalue weighted by molar-refractivity contribution is 0.399. The summed E-state index contributed by atoms with van der Waals surface area (Å²) >= 11 is 1.57. The summed E-state index contributed by atoms with van der Waals surface area (Å²) in [4.78, 5) is 4.18. The number of hydrazine groups is 1. The zero-order valence-corrected chi connectivity index (χ0v) is 12.9. The Morgan fingerprint density at radius 3 is 2.71 bits per heavy atom. The summed E-state index contributed by atoms with van der Waals surface area (Å²) in [7, 11) is -3.53. The Morgan fingerprint density at radius 2 is 2.19 bits per heavy atom. The van der Waals surface area contributed by atoms with E-state index in [-0.39, 0.29) is 10.9 Å². The monoisotopic (exact) mass is 324 g/mol. The first kappa shape index (κ1) is 14.5. The minimum absolute atomic E-state index is 0.0993. The van der Waals surface area contributed by atoms with Crippen molar-refractivity contribution in [1.82, 2.24) is 9.29 Å². The van der Waals surface area contributed by atoms with Crippen molar-refractivity contribution in [3.8, 4) is 0 Å². The number of thiophene rings is 1. The molecule has 0 aromatic carbocycles. The zero-order valence-electron chi connectivity index (χ0n) is 11.3. The molecule has 112 valence electrons. The van der Waals surface area contributed by atoms with Gasteiger partial charge in [0.25, 0.3) is 0 Å². The summed E-state index contributed by atoms with van der Waals surface area (Å²) in [6.45, 7) is 0.410. The molecule has 21 heavy (non-hydrogen) atoms. The highest BCUT2D eigenvalue weighted by molar-refractivity contribution is 7.89. The molecule has 0 unspecified atom stereocenters. The smallest absolute Gasteiger partial charge is 0.245 e. The molecule has 1 aliphatic rings. The lowest BCUT2D eigenvalue weighted by atomic mass is 10.3. The van der Waals surface area contributed by atoms with Gasteiger partial charge in [-0.25, -0.2) is 19.2 Å². The zero-order chi connectivity index (χ0) is 14.9. The first-order chi connectivity index (χ1) is 10.1. The Bertz CT molecular complexity index is 694. The highest BCUT2D eigenvalue weighted by atomic mass is 32.2. The summed E-state index contributed by atoms with van der Waals surface area (Å²) in [5.41, 5.74) is 3.41. The van der Waals surface area contributed by atoms with E-state index in [4.69, 9.17) is 5.84 Å². The third-order valence-corrected chi connectivity index (χ3v) is 5.98. The molecular formula is C13H16N4O2S2. The van der Waals surface area contributed by atoms with Gasteiger partial charge in [-0.05, 0) is 47.4 Å². The van der Waals surface area contributed by atoms with Crippen LogP contribution in [-0.2, 0) is 16.6 Å². The number of rotatable bonds is 6. The number of hydrogen-bond donors (Lipinski definition) is 2. The molecule has 0 saturated heterocycles. The van der Waals surface area contributed by atoms with E-state index in [1.54, 1.807) is 21.7 Å². The largest absolute Gasteiger partial charge is 0.308 e. The van der Waals surface area contributed by atoms with Crippen LogP contribution in [0, 0.1) is 0 Å². The van der Waals surface area contributed by atoms with Crippen LogP contribution in [0.2, 0.25) is 0 Å². The highest BCUT2D eigenvalue weighted by Crippen LogP contribution is 2.33. The molecule has 1 fully saturated rings. The van der Waals surface area contributed by atoms with Crippen LogP contribution in [0.1, 0.15) is 18.4 Å². The maximum atomic E-state index is 12.8. The molecule has 3 N–H and O–H groups in total. The summed E-state index contributed by atoms with van der Waals surface area (Å²) in [5.74, 6) is 5.68. The molecule has 3 rings (SSSR count). The van der Waals surface area contributed by atoms with Crippen LogP contribution in [0.4, 0.5) is 5.82 Å². The number of anilines is 1. The molecular weight excluding hydrogens is 308 g/mol. The van der Waals surface area contributed by atoms with Crippen LogP contribution in [0.3, 0.4) is 0 Å². The Morgan fingerprint density at radius 1 is 1.38 bits per heavy atom. The molecule has 1 saturated carbocycles. The Hall–Kier alpha value is -1.48. The van der Waals surface area contributed by atoms with Crippen molar-refractivity contribution in [3.05, 3.63) is 40.7 Å². The average molecular weight is 324 g/mol. The van der Waals surface area contributed by atoms with E-state index in [0.717, 1.165) is 18.4 Å². The Balaban J connectivity index is 1.89. The fourth-order valence-corrected chi connectivity index (χ4v) is 4.37. The van der Waals surface area contributed by atoms with Crippen LogP contribution in [0.25, 0.3) is 0 Å². The lowest BCUT2D eigenvalue weighted by Crippen LogP contribution is -2.32. The molecule has 0 radical (unpaired) electrons. The molecule has 2 aromatic rings. The van der Waals surface area contributed by atoms with Gasteiger partial charge in [0, 0.05) is 18.8 Å². The second-order valence-corrected chi connectivity index (χ2v) is 7.61. The second kappa shape index (κ2) is 5.72. The third-order valence-electron chi connectivity index (χ3n) is 3.36. The van der Waals surface area contributed by atoms with Crippen LogP contribution < -0.4 is 11.3 Å². The normalized spacial score (nSPS) is 15.3. The van der Waals surface area contributed by atoms with E-state index in [9.17, 15) is 8.42 Å². The maximum absolute atomic E-state index is 12.8. The average Bonchev–Trinajstić information content (AvgIpc) is 3.20. The molecule has 0 atom stereocenters. The van der Waals surface area contributed by atoms with Crippen molar-refractivity contribution in [2.24, 2.45) is 5.84 Å². The predicted molar refractivity (Wildman–Crippen MR) is 82.1 cm³/mol. The van der Waals surface area contributed by atoms with Crippen LogP contribution in [-0.4, -0.2) is 23.7 Å². The van der Waals surface area contributed by atoms with Gasteiger partial charge in [-0.2, -0.15) is 15.6 Å². The Kier molecular flexibility index (Phi) is 3.94. The van der Waals surface area contributed by atoms with E-state index in [1.807, 2.05) is 16.8 Å². The van der Waals surface area contributed by atoms with Crippen LogP contribution in [0.15, 0.2) is 40.1 Å². The van der Waals surface area contributed by atoms with E-state index in [2.05, 4.69) is 10.4 Å². The summed E-state index contributed by atoms with van der Waals surface area (Å²) < 4.78 is 27.1. The summed E-state index contributed by atoms with van der Waals surface area (Å²) in [6, 6.07) is 5.14. The van der Waals surface area contributed by atoms with E-state index in [0.29, 0.717) is 12.4 Å².